The molecule has 0 spiro atoms. The number of benzene rings is 1. The van der Waals surface area contributed by atoms with Crippen molar-refractivity contribution < 1.29 is 14.3 Å². The summed E-state index contributed by atoms with van der Waals surface area (Å²) in [6.07, 6.45) is 1.24. The van der Waals surface area contributed by atoms with E-state index in [-0.39, 0.29) is 34.3 Å². The van der Waals surface area contributed by atoms with Crippen molar-refractivity contribution in [2.45, 2.75) is 13.0 Å². The number of pyridine rings is 2. The Morgan fingerprint density at radius 2 is 1.85 bits per heavy atom. The van der Waals surface area contributed by atoms with E-state index in [2.05, 4.69) is 20.3 Å². The maximum atomic E-state index is 13.1. The van der Waals surface area contributed by atoms with Crippen LogP contribution in [-0.4, -0.2) is 39.6 Å². The lowest BCUT2D eigenvalue weighted by Gasteiger charge is -2.14. The number of hydrogen-bond donors (Lipinski definition) is 2. The smallest absolute Gasteiger partial charge is 0.334 e. The van der Waals surface area contributed by atoms with Gasteiger partial charge in [-0.2, -0.15) is 4.98 Å². The highest BCUT2D eigenvalue weighted by Gasteiger charge is 2.17. The van der Waals surface area contributed by atoms with Crippen molar-refractivity contribution in [1.29, 1.82) is 0 Å². The summed E-state index contributed by atoms with van der Waals surface area (Å²) in [6, 6.07) is 11.1. The summed E-state index contributed by atoms with van der Waals surface area (Å²) in [5, 5.41) is 3.53. The molecule has 4 aromatic rings. The van der Waals surface area contributed by atoms with Crippen LogP contribution in [0, 0.1) is 0 Å². The Morgan fingerprint density at radius 3 is 2.53 bits per heavy atom. The Hall–Kier alpha value is -4.18. The van der Waals surface area contributed by atoms with Crippen LogP contribution in [0.2, 0.25) is 5.02 Å². The quantitative estimate of drug-likeness (QED) is 0.433. The topological polar surface area (TPSA) is 128 Å². The van der Waals surface area contributed by atoms with E-state index < -0.39 is 17.2 Å². The number of ether oxygens (including phenoxy) is 2. The van der Waals surface area contributed by atoms with Gasteiger partial charge in [-0.1, -0.05) is 23.7 Å². The second-order valence-corrected chi connectivity index (χ2v) is 7.75. The van der Waals surface area contributed by atoms with Crippen LogP contribution in [0.25, 0.3) is 16.7 Å². The van der Waals surface area contributed by atoms with Gasteiger partial charge in [0.1, 0.15) is 11.5 Å². The number of nitrogens with zero attached hydrogens (tertiary/aromatic N) is 3. The normalized spacial score (nSPS) is 11.8. The van der Waals surface area contributed by atoms with Crippen molar-refractivity contribution in [1.82, 2.24) is 24.8 Å². The first-order valence-corrected chi connectivity index (χ1v) is 10.5. The fourth-order valence-electron chi connectivity index (χ4n) is 3.39. The summed E-state index contributed by atoms with van der Waals surface area (Å²) in [5.74, 6) is 0.0494. The molecule has 4 rings (SSSR count). The number of aromatic amines is 1. The summed E-state index contributed by atoms with van der Waals surface area (Å²) in [6.45, 7) is 1.82. The van der Waals surface area contributed by atoms with E-state index in [0.29, 0.717) is 10.8 Å². The Kier molecular flexibility index (Phi) is 6.33. The minimum atomic E-state index is -0.732. The van der Waals surface area contributed by atoms with Gasteiger partial charge in [-0.25, -0.2) is 9.36 Å². The molecule has 3 heterocycles. The lowest BCUT2D eigenvalue weighted by molar-refractivity contribution is 0.0935. The largest absolute Gasteiger partial charge is 0.491 e. The third-order valence-corrected chi connectivity index (χ3v) is 5.44. The monoisotopic (exact) mass is 481 g/mol. The van der Waals surface area contributed by atoms with Crippen LogP contribution >= 0.6 is 11.6 Å². The van der Waals surface area contributed by atoms with Crippen LogP contribution < -0.4 is 26.0 Å². The molecule has 0 saturated carbocycles. The number of H-pyrrole nitrogens is 1. The van der Waals surface area contributed by atoms with E-state index in [0.717, 1.165) is 10.1 Å². The molecule has 1 aromatic carbocycles. The van der Waals surface area contributed by atoms with Gasteiger partial charge in [0, 0.05) is 11.2 Å². The maximum Gasteiger partial charge on any atom is 0.334 e. The highest BCUT2D eigenvalue weighted by molar-refractivity contribution is 6.30. The van der Waals surface area contributed by atoms with E-state index in [4.69, 9.17) is 21.1 Å². The molecule has 0 radical (unpaired) electrons. The van der Waals surface area contributed by atoms with Crippen LogP contribution in [0.4, 0.5) is 0 Å². The van der Waals surface area contributed by atoms with Crippen LogP contribution in [0.15, 0.2) is 58.3 Å². The number of nitrogens with one attached hydrogen (secondary N) is 2. The SMILES string of the molecule is COc1ccc(-n2c(=O)[nH]c3cc(C(=O)N[C@@H](C)c4ccc(Cl)cc4)ncc3c2=O)nc1OC. The highest BCUT2D eigenvalue weighted by atomic mass is 35.5. The van der Waals surface area contributed by atoms with E-state index >= 15 is 0 Å². The molecule has 2 N–H and O–H groups in total. The summed E-state index contributed by atoms with van der Waals surface area (Å²) in [5.41, 5.74) is -0.301. The molecule has 0 aliphatic carbocycles. The summed E-state index contributed by atoms with van der Waals surface area (Å²) in [4.78, 5) is 49.4. The first kappa shape index (κ1) is 23.0. The molecule has 0 aliphatic rings. The number of rotatable bonds is 6. The molecular formula is C23H20ClN5O5. The molecule has 3 aromatic heterocycles. The van der Waals surface area contributed by atoms with Gasteiger partial charge in [0.05, 0.1) is 31.2 Å². The predicted octanol–water partition coefficient (Wildman–Crippen LogP) is 2.63. The number of aromatic nitrogens is 4. The molecule has 34 heavy (non-hydrogen) atoms. The van der Waals surface area contributed by atoms with E-state index in [9.17, 15) is 14.4 Å². The van der Waals surface area contributed by atoms with Gasteiger partial charge in [0.2, 0.25) is 0 Å². The molecule has 0 unspecified atom stereocenters. The average molecular weight is 482 g/mol. The average Bonchev–Trinajstić information content (AvgIpc) is 2.83. The van der Waals surface area contributed by atoms with Crippen LogP contribution in [-0.2, 0) is 0 Å². The molecule has 11 heteroatoms. The minimum Gasteiger partial charge on any atom is -0.491 e. The van der Waals surface area contributed by atoms with Crippen molar-refractivity contribution in [3.63, 3.8) is 0 Å². The number of hydrogen-bond acceptors (Lipinski definition) is 7. The molecule has 0 fully saturated rings. The van der Waals surface area contributed by atoms with Gasteiger partial charge in [-0.05, 0) is 42.8 Å². The zero-order chi connectivity index (χ0) is 24.4. The van der Waals surface area contributed by atoms with Crippen LogP contribution in [0.3, 0.4) is 0 Å². The van der Waals surface area contributed by atoms with Crippen molar-refractivity contribution in [2.24, 2.45) is 0 Å². The first-order chi connectivity index (χ1) is 16.3. The highest BCUT2D eigenvalue weighted by Crippen LogP contribution is 2.24. The number of fused-ring (bicyclic) bond motifs is 1. The summed E-state index contributed by atoms with van der Waals surface area (Å²) >= 11 is 5.91. The summed E-state index contributed by atoms with van der Waals surface area (Å²) in [7, 11) is 2.84. The first-order valence-electron chi connectivity index (χ1n) is 10.1. The molecule has 174 valence electrons. The molecule has 1 amide bonds. The van der Waals surface area contributed by atoms with Crippen LogP contribution in [0.1, 0.15) is 29.0 Å². The maximum absolute atomic E-state index is 13.1. The standard InChI is InChI=1S/C23H20ClN5O5/c1-12(13-4-6-14(24)7-5-13)26-20(30)17-10-16-15(11-25-17)22(31)29(23(32)27-16)19-9-8-18(33-2)21(28-19)34-3/h4-12H,1-3H3,(H,26,30)(H,27,32)/t12-/m0/s1. The van der Waals surface area contributed by atoms with Gasteiger partial charge in [0.15, 0.2) is 5.75 Å². The molecule has 0 bridgehead atoms. The third-order valence-electron chi connectivity index (χ3n) is 5.19. The second-order valence-electron chi connectivity index (χ2n) is 7.31. The Labute approximate surface area is 198 Å². The van der Waals surface area contributed by atoms with Crippen LogP contribution in [0.5, 0.6) is 11.6 Å². The molecule has 0 aliphatic heterocycles. The van der Waals surface area contributed by atoms with Crippen molar-refractivity contribution in [2.75, 3.05) is 14.2 Å². The van der Waals surface area contributed by atoms with Crippen molar-refractivity contribution in [3.8, 4) is 17.4 Å². The van der Waals surface area contributed by atoms with Gasteiger partial charge in [0.25, 0.3) is 17.3 Å². The van der Waals surface area contributed by atoms with Gasteiger partial charge in [-0.3, -0.25) is 14.6 Å². The van der Waals surface area contributed by atoms with Gasteiger partial charge >= 0.3 is 5.69 Å². The molecular weight excluding hydrogens is 462 g/mol. The predicted molar refractivity (Wildman–Crippen MR) is 126 cm³/mol. The second kappa shape index (κ2) is 9.36. The zero-order valence-corrected chi connectivity index (χ0v) is 19.2. The summed E-state index contributed by atoms with van der Waals surface area (Å²) < 4.78 is 11.1. The fourth-order valence-corrected chi connectivity index (χ4v) is 3.52. The number of methoxy groups -OCH3 is 2. The fraction of sp³-hybridized carbons (Fsp3) is 0.174. The van der Waals surface area contributed by atoms with Gasteiger partial charge in [-0.15, -0.1) is 0 Å². The van der Waals surface area contributed by atoms with Crippen molar-refractivity contribution in [3.05, 3.63) is 85.8 Å². The molecule has 0 saturated heterocycles. The molecule has 10 nitrogen and oxygen atoms in total. The van der Waals surface area contributed by atoms with Gasteiger partial charge < -0.3 is 19.8 Å². The Balaban J connectivity index is 1.68. The number of halogens is 1. The minimum absolute atomic E-state index is 0.0457. The van der Waals surface area contributed by atoms with E-state index in [1.165, 1.54) is 38.6 Å². The van der Waals surface area contributed by atoms with E-state index in [1.54, 1.807) is 12.1 Å². The molecule has 1 atom stereocenters. The number of amides is 1. The number of carbonyl (C=O) groups excluding carboxylic acids is 1. The number of carbonyl (C=O) groups is 1. The van der Waals surface area contributed by atoms with Crippen molar-refractivity contribution >= 4 is 28.4 Å². The zero-order valence-electron chi connectivity index (χ0n) is 18.5. The Bertz CT molecular complexity index is 1500. The Morgan fingerprint density at radius 1 is 1.12 bits per heavy atom. The third kappa shape index (κ3) is 4.35. The lowest BCUT2D eigenvalue weighted by atomic mass is 10.1. The lowest BCUT2D eigenvalue weighted by Crippen LogP contribution is -2.34. The van der Waals surface area contributed by atoms with E-state index in [1.807, 2.05) is 19.1 Å².